The van der Waals surface area contributed by atoms with E-state index in [2.05, 4.69) is 6.58 Å². The maximum Gasteiger partial charge on any atom is 0.316 e. The highest BCUT2D eigenvalue weighted by Gasteiger charge is 2.23. The Balaban J connectivity index is 2.57. The predicted octanol–water partition coefficient (Wildman–Crippen LogP) is 3.80. The molecule has 1 aromatic rings. The zero-order chi connectivity index (χ0) is 12.9. The number of ether oxygens (including phenoxy) is 1. The lowest BCUT2D eigenvalue weighted by Crippen LogP contribution is -2.22. The lowest BCUT2D eigenvalue weighted by atomic mass is 9.97. The third kappa shape index (κ3) is 4.68. The molecule has 17 heavy (non-hydrogen) atoms. The van der Waals surface area contributed by atoms with Crippen molar-refractivity contribution in [1.82, 2.24) is 0 Å². The SMILES string of the molecule is C=C(/C=C/c1ccccc1)OC(=O)C(C)(C)C. The smallest absolute Gasteiger partial charge is 0.316 e. The fourth-order valence-corrected chi connectivity index (χ4v) is 1.06. The zero-order valence-electron chi connectivity index (χ0n) is 10.6. The van der Waals surface area contributed by atoms with E-state index in [9.17, 15) is 4.79 Å². The number of allylic oxidation sites excluding steroid dienone is 1. The third-order valence-corrected chi connectivity index (χ3v) is 2.10. The Morgan fingerprint density at radius 2 is 1.82 bits per heavy atom. The highest BCUT2D eigenvalue weighted by atomic mass is 16.5. The number of esters is 1. The number of rotatable bonds is 3. The Kier molecular flexibility index (Phi) is 4.27. The van der Waals surface area contributed by atoms with Crippen LogP contribution in [0.25, 0.3) is 6.08 Å². The van der Waals surface area contributed by atoms with Gasteiger partial charge in [0.15, 0.2) is 0 Å². The molecule has 0 fully saturated rings. The van der Waals surface area contributed by atoms with Crippen LogP contribution in [-0.2, 0) is 9.53 Å². The summed E-state index contributed by atoms with van der Waals surface area (Å²) in [7, 11) is 0. The molecular weight excluding hydrogens is 212 g/mol. The van der Waals surface area contributed by atoms with Crippen LogP contribution >= 0.6 is 0 Å². The van der Waals surface area contributed by atoms with Gasteiger partial charge in [-0.2, -0.15) is 0 Å². The molecule has 0 saturated carbocycles. The molecule has 0 saturated heterocycles. The van der Waals surface area contributed by atoms with E-state index >= 15 is 0 Å². The number of hydrogen-bond acceptors (Lipinski definition) is 2. The van der Waals surface area contributed by atoms with Crippen LogP contribution in [0.1, 0.15) is 26.3 Å². The first-order valence-corrected chi connectivity index (χ1v) is 5.54. The van der Waals surface area contributed by atoms with Crippen molar-refractivity contribution in [1.29, 1.82) is 0 Å². The van der Waals surface area contributed by atoms with E-state index in [-0.39, 0.29) is 5.97 Å². The molecule has 0 N–H and O–H groups in total. The molecule has 0 unspecified atom stereocenters. The molecule has 0 aliphatic heterocycles. The molecule has 90 valence electrons. The second-order valence-corrected chi connectivity index (χ2v) is 4.85. The van der Waals surface area contributed by atoms with Gasteiger partial charge in [-0.05, 0) is 32.4 Å². The molecule has 0 radical (unpaired) electrons. The van der Waals surface area contributed by atoms with E-state index in [1.807, 2.05) is 57.2 Å². The van der Waals surface area contributed by atoms with E-state index < -0.39 is 5.41 Å². The van der Waals surface area contributed by atoms with Crippen LogP contribution in [0.15, 0.2) is 48.7 Å². The monoisotopic (exact) mass is 230 g/mol. The van der Waals surface area contributed by atoms with Crippen LogP contribution in [0.3, 0.4) is 0 Å². The van der Waals surface area contributed by atoms with E-state index in [1.165, 1.54) is 0 Å². The molecule has 0 atom stereocenters. The Hall–Kier alpha value is -1.83. The van der Waals surface area contributed by atoms with Crippen LogP contribution in [0.4, 0.5) is 0 Å². The fourth-order valence-electron chi connectivity index (χ4n) is 1.06. The number of hydrogen-bond donors (Lipinski definition) is 0. The van der Waals surface area contributed by atoms with Crippen LogP contribution < -0.4 is 0 Å². The van der Waals surface area contributed by atoms with Crippen LogP contribution in [-0.4, -0.2) is 5.97 Å². The second kappa shape index (κ2) is 5.48. The average molecular weight is 230 g/mol. The first kappa shape index (κ1) is 13.2. The summed E-state index contributed by atoms with van der Waals surface area (Å²) in [5, 5.41) is 0. The molecule has 2 nitrogen and oxygen atoms in total. The summed E-state index contributed by atoms with van der Waals surface area (Å²) in [6.45, 7) is 9.12. The number of carbonyl (C=O) groups excluding carboxylic acids is 1. The molecular formula is C15H18O2. The molecule has 1 aromatic carbocycles. The van der Waals surface area contributed by atoms with Crippen molar-refractivity contribution < 1.29 is 9.53 Å². The first-order valence-electron chi connectivity index (χ1n) is 5.54. The van der Waals surface area contributed by atoms with Crippen molar-refractivity contribution in [3.63, 3.8) is 0 Å². The average Bonchev–Trinajstić information content (AvgIpc) is 2.26. The largest absolute Gasteiger partial charge is 0.427 e. The van der Waals surface area contributed by atoms with Crippen molar-refractivity contribution in [2.75, 3.05) is 0 Å². The summed E-state index contributed by atoms with van der Waals surface area (Å²) < 4.78 is 5.12. The van der Waals surface area contributed by atoms with E-state index in [1.54, 1.807) is 6.08 Å². The van der Waals surface area contributed by atoms with Crippen molar-refractivity contribution in [2.45, 2.75) is 20.8 Å². The highest BCUT2D eigenvalue weighted by molar-refractivity contribution is 5.76. The lowest BCUT2D eigenvalue weighted by molar-refractivity contribution is -0.147. The van der Waals surface area contributed by atoms with Gasteiger partial charge in [0.25, 0.3) is 0 Å². The maximum absolute atomic E-state index is 11.6. The van der Waals surface area contributed by atoms with Crippen LogP contribution in [0, 0.1) is 5.41 Å². The standard InChI is InChI=1S/C15H18O2/c1-12(17-14(16)15(2,3)4)10-11-13-8-6-5-7-9-13/h5-11H,1H2,2-4H3/b11-10+. The van der Waals surface area contributed by atoms with Crippen molar-refractivity contribution in [3.8, 4) is 0 Å². The van der Waals surface area contributed by atoms with Gasteiger partial charge in [0, 0.05) is 0 Å². The van der Waals surface area contributed by atoms with Gasteiger partial charge < -0.3 is 4.74 Å². The summed E-state index contributed by atoms with van der Waals surface area (Å²) in [5.74, 6) is 0.0778. The minimum Gasteiger partial charge on any atom is -0.427 e. The molecule has 0 aliphatic carbocycles. The van der Waals surface area contributed by atoms with Gasteiger partial charge in [-0.15, -0.1) is 0 Å². The molecule has 0 bridgehead atoms. The van der Waals surface area contributed by atoms with Gasteiger partial charge >= 0.3 is 5.97 Å². The third-order valence-electron chi connectivity index (χ3n) is 2.10. The van der Waals surface area contributed by atoms with E-state index in [0.717, 1.165) is 5.56 Å². The predicted molar refractivity (Wildman–Crippen MR) is 70.2 cm³/mol. The summed E-state index contributed by atoms with van der Waals surface area (Å²) in [6.07, 6.45) is 3.55. The maximum atomic E-state index is 11.6. The van der Waals surface area contributed by atoms with Gasteiger partial charge in [0.1, 0.15) is 5.76 Å². The van der Waals surface area contributed by atoms with Crippen molar-refractivity contribution in [3.05, 3.63) is 54.3 Å². The second-order valence-electron chi connectivity index (χ2n) is 4.85. The van der Waals surface area contributed by atoms with E-state index in [0.29, 0.717) is 5.76 Å². The molecule has 0 aromatic heterocycles. The quantitative estimate of drug-likeness (QED) is 0.448. The highest BCUT2D eigenvalue weighted by Crippen LogP contribution is 2.17. The summed E-state index contributed by atoms with van der Waals surface area (Å²) in [5.41, 5.74) is 0.532. The van der Waals surface area contributed by atoms with Crippen molar-refractivity contribution in [2.24, 2.45) is 5.41 Å². The van der Waals surface area contributed by atoms with E-state index in [4.69, 9.17) is 4.74 Å². The number of benzene rings is 1. The lowest BCUT2D eigenvalue weighted by Gasteiger charge is -2.16. The minimum absolute atomic E-state index is 0.278. The Labute approximate surface area is 103 Å². The molecule has 0 spiro atoms. The number of carbonyl (C=O) groups is 1. The molecule has 1 rings (SSSR count). The molecule has 0 amide bonds. The molecule has 2 heteroatoms. The van der Waals surface area contributed by atoms with Gasteiger partial charge in [0.2, 0.25) is 0 Å². The Morgan fingerprint density at radius 1 is 1.24 bits per heavy atom. The fraction of sp³-hybridized carbons (Fsp3) is 0.267. The van der Waals surface area contributed by atoms with Gasteiger partial charge in [-0.25, -0.2) is 0 Å². The van der Waals surface area contributed by atoms with Crippen LogP contribution in [0.5, 0.6) is 0 Å². The Bertz CT molecular complexity index is 422. The summed E-state index contributed by atoms with van der Waals surface area (Å²) in [4.78, 5) is 11.6. The first-order chi connectivity index (χ1) is 7.89. The topological polar surface area (TPSA) is 26.3 Å². The van der Waals surface area contributed by atoms with Gasteiger partial charge in [-0.1, -0.05) is 43.0 Å². The normalized spacial score (nSPS) is 11.5. The molecule has 0 aliphatic rings. The zero-order valence-corrected chi connectivity index (χ0v) is 10.6. The summed E-state index contributed by atoms with van der Waals surface area (Å²) in [6, 6.07) is 9.78. The minimum atomic E-state index is -0.510. The van der Waals surface area contributed by atoms with Crippen molar-refractivity contribution >= 4 is 12.0 Å². The van der Waals surface area contributed by atoms with Gasteiger partial charge in [-0.3, -0.25) is 4.79 Å². The van der Waals surface area contributed by atoms with Gasteiger partial charge in [0.05, 0.1) is 5.41 Å². The molecule has 0 heterocycles. The Morgan fingerprint density at radius 3 is 2.35 bits per heavy atom. The summed E-state index contributed by atoms with van der Waals surface area (Å²) >= 11 is 0. The van der Waals surface area contributed by atoms with Crippen LogP contribution in [0.2, 0.25) is 0 Å².